The summed E-state index contributed by atoms with van der Waals surface area (Å²) >= 11 is 0. The smallest absolute Gasteiger partial charge is 0.226 e. The number of carbonyl (C=O) groups is 1. The van der Waals surface area contributed by atoms with Crippen molar-refractivity contribution < 1.29 is 14.3 Å². The largest absolute Gasteiger partial charge is 0.508 e. The number of benzene rings is 2. The van der Waals surface area contributed by atoms with Crippen molar-refractivity contribution in [2.75, 3.05) is 31.1 Å². The van der Waals surface area contributed by atoms with E-state index >= 15 is 0 Å². The number of amides is 1. The van der Waals surface area contributed by atoms with Crippen LogP contribution in [0.1, 0.15) is 17.9 Å². The maximum Gasteiger partial charge on any atom is 0.226 e. The van der Waals surface area contributed by atoms with Crippen molar-refractivity contribution in [1.29, 1.82) is 0 Å². The summed E-state index contributed by atoms with van der Waals surface area (Å²) in [6, 6.07) is 13.7. The Morgan fingerprint density at radius 3 is 2.24 bits per heavy atom. The highest BCUT2D eigenvalue weighted by Crippen LogP contribution is 2.48. The van der Waals surface area contributed by atoms with E-state index in [0.717, 1.165) is 30.8 Å². The van der Waals surface area contributed by atoms with E-state index in [0.29, 0.717) is 13.1 Å². The minimum Gasteiger partial charge on any atom is -0.508 e. The first-order valence-corrected chi connectivity index (χ1v) is 8.70. The number of piperazine rings is 1. The molecule has 2 fully saturated rings. The molecule has 0 aromatic heterocycles. The van der Waals surface area contributed by atoms with E-state index in [-0.39, 0.29) is 29.3 Å². The van der Waals surface area contributed by atoms with E-state index in [2.05, 4.69) is 4.90 Å². The predicted molar refractivity (Wildman–Crippen MR) is 94.1 cm³/mol. The molecule has 1 saturated carbocycles. The fraction of sp³-hybridized carbons (Fsp3) is 0.350. The number of aromatic hydroxyl groups is 1. The first-order valence-electron chi connectivity index (χ1n) is 8.70. The number of halogens is 1. The number of hydrogen-bond donors (Lipinski definition) is 1. The molecule has 1 saturated heterocycles. The van der Waals surface area contributed by atoms with Crippen molar-refractivity contribution in [1.82, 2.24) is 4.90 Å². The fourth-order valence-electron chi connectivity index (χ4n) is 3.63. The van der Waals surface area contributed by atoms with Gasteiger partial charge in [0.25, 0.3) is 0 Å². The summed E-state index contributed by atoms with van der Waals surface area (Å²) in [5.74, 6) is 0.532. The maximum atomic E-state index is 13.0. The van der Waals surface area contributed by atoms with Gasteiger partial charge in [-0.3, -0.25) is 4.79 Å². The van der Waals surface area contributed by atoms with Crippen molar-refractivity contribution in [3.8, 4) is 5.75 Å². The van der Waals surface area contributed by atoms with Crippen molar-refractivity contribution in [2.45, 2.75) is 12.3 Å². The van der Waals surface area contributed by atoms with Crippen molar-refractivity contribution >= 4 is 11.6 Å². The van der Waals surface area contributed by atoms with Gasteiger partial charge in [-0.1, -0.05) is 12.1 Å². The molecule has 0 unspecified atom stereocenters. The van der Waals surface area contributed by atoms with Gasteiger partial charge in [0.05, 0.1) is 0 Å². The summed E-state index contributed by atoms with van der Waals surface area (Å²) in [5.41, 5.74) is 2.13. The lowest BCUT2D eigenvalue weighted by Crippen LogP contribution is -2.49. The Kier molecular flexibility index (Phi) is 4.07. The molecule has 2 aliphatic rings. The van der Waals surface area contributed by atoms with Gasteiger partial charge in [-0.05, 0) is 54.3 Å². The van der Waals surface area contributed by atoms with Crippen molar-refractivity contribution in [3.63, 3.8) is 0 Å². The molecule has 1 aliphatic heterocycles. The molecule has 0 bridgehead atoms. The van der Waals surface area contributed by atoms with Gasteiger partial charge in [-0.25, -0.2) is 4.39 Å². The van der Waals surface area contributed by atoms with Crippen LogP contribution >= 0.6 is 0 Å². The van der Waals surface area contributed by atoms with Crippen LogP contribution in [0, 0.1) is 11.7 Å². The van der Waals surface area contributed by atoms with Gasteiger partial charge in [0.2, 0.25) is 5.91 Å². The lowest BCUT2D eigenvalue weighted by molar-refractivity contribution is -0.132. The van der Waals surface area contributed by atoms with E-state index in [9.17, 15) is 14.3 Å². The lowest BCUT2D eigenvalue weighted by Gasteiger charge is -2.36. The quantitative estimate of drug-likeness (QED) is 0.934. The fourth-order valence-corrected chi connectivity index (χ4v) is 3.63. The average molecular weight is 340 g/mol. The summed E-state index contributed by atoms with van der Waals surface area (Å²) < 4.78 is 13.0. The highest BCUT2D eigenvalue weighted by molar-refractivity contribution is 5.83. The SMILES string of the molecule is O=C([C@@H]1C[C@@H]1c1ccc(F)cc1)N1CCN(c2ccc(O)cc2)CC1. The average Bonchev–Trinajstić information content (AvgIpc) is 3.43. The monoisotopic (exact) mass is 340 g/mol. The zero-order valence-electron chi connectivity index (χ0n) is 13.9. The topological polar surface area (TPSA) is 43.8 Å². The third-order valence-corrected chi connectivity index (χ3v) is 5.21. The van der Waals surface area contributed by atoms with Crippen molar-refractivity contribution in [3.05, 3.63) is 59.9 Å². The second-order valence-electron chi connectivity index (χ2n) is 6.83. The van der Waals surface area contributed by atoms with Gasteiger partial charge < -0.3 is 14.9 Å². The van der Waals surface area contributed by atoms with E-state index in [1.165, 1.54) is 12.1 Å². The van der Waals surface area contributed by atoms with Crippen LogP contribution in [0.4, 0.5) is 10.1 Å². The number of phenols is 1. The van der Waals surface area contributed by atoms with E-state index in [1.54, 1.807) is 24.3 Å². The second-order valence-corrected chi connectivity index (χ2v) is 6.83. The number of carbonyl (C=O) groups excluding carboxylic acids is 1. The molecule has 5 heteroatoms. The van der Waals surface area contributed by atoms with Crippen LogP contribution in [-0.4, -0.2) is 42.1 Å². The lowest BCUT2D eigenvalue weighted by atomic mass is 10.1. The standard InChI is InChI=1S/C20H21FN2O2/c21-15-3-1-14(2-4-15)18-13-19(18)20(25)23-11-9-22(10-12-23)16-5-7-17(24)8-6-16/h1-8,18-19,24H,9-13H2/t18-,19-/m1/s1. The highest BCUT2D eigenvalue weighted by atomic mass is 19.1. The van der Waals surface area contributed by atoms with Gasteiger partial charge >= 0.3 is 0 Å². The Balaban J connectivity index is 1.33. The number of phenolic OH excluding ortho intramolecular Hbond substituents is 1. The summed E-state index contributed by atoms with van der Waals surface area (Å²) in [7, 11) is 0. The second kappa shape index (κ2) is 6.39. The molecule has 0 spiro atoms. The summed E-state index contributed by atoms with van der Waals surface area (Å²) in [4.78, 5) is 16.9. The number of rotatable bonds is 3. The maximum absolute atomic E-state index is 13.0. The highest BCUT2D eigenvalue weighted by Gasteiger charge is 2.46. The minimum atomic E-state index is -0.238. The molecule has 0 radical (unpaired) electrons. The van der Waals surface area contributed by atoms with Crippen LogP contribution in [0.15, 0.2) is 48.5 Å². The van der Waals surface area contributed by atoms with E-state index in [1.807, 2.05) is 17.0 Å². The van der Waals surface area contributed by atoms with Gasteiger partial charge in [-0.2, -0.15) is 0 Å². The summed E-state index contributed by atoms with van der Waals surface area (Å²) in [6.07, 6.45) is 0.864. The van der Waals surface area contributed by atoms with Gasteiger partial charge in [0, 0.05) is 37.8 Å². The molecule has 2 aromatic rings. The Bertz CT molecular complexity index is 752. The normalized spacial score (nSPS) is 22.8. The Morgan fingerprint density at radius 1 is 0.960 bits per heavy atom. The van der Waals surface area contributed by atoms with Crippen LogP contribution in [-0.2, 0) is 4.79 Å². The molecule has 2 aromatic carbocycles. The Hall–Kier alpha value is -2.56. The predicted octanol–water partition coefficient (Wildman–Crippen LogP) is 2.98. The first-order chi connectivity index (χ1) is 12.1. The van der Waals surface area contributed by atoms with Crippen LogP contribution in [0.5, 0.6) is 5.75 Å². The minimum absolute atomic E-state index is 0.0469. The third kappa shape index (κ3) is 3.31. The number of anilines is 1. The molecule has 2 atom stereocenters. The van der Waals surface area contributed by atoms with Crippen LogP contribution < -0.4 is 4.90 Å². The van der Waals surface area contributed by atoms with Gasteiger partial charge in [0.15, 0.2) is 0 Å². The van der Waals surface area contributed by atoms with Crippen molar-refractivity contribution in [2.24, 2.45) is 5.92 Å². The molecular weight excluding hydrogens is 319 g/mol. The Morgan fingerprint density at radius 2 is 1.60 bits per heavy atom. The van der Waals surface area contributed by atoms with Gasteiger partial charge in [-0.15, -0.1) is 0 Å². The zero-order chi connectivity index (χ0) is 17.4. The molecule has 1 amide bonds. The first kappa shape index (κ1) is 15.9. The van der Waals surface area contributed by atoms with Crippen LogP contribution in [0.2, 0.25) is 0 Å². The molecule has 1 heterocycles. The number of nitrogens with zero attached hydrogens (tertiary/aromatic N) is 2. The summed E-state index contributed by atoms with van der Waals surface area (Å²) in [6.45, 7) is 3.02. The van der Waals surface area contributed by atoms with Crippen LogP contribution in [0.25, 0.3) is 0 Å². The molecular formula is C20H21FN2O2. The van der Waals surface area contributed by atoms with Gasteiger partial charge in [0.1, 0.15) is 11.6 Å². The van der Waals surface area contributed by atoms with E-state index in [4.69, 9.17) is 0 Å². The molecule has 4 nitrogen and oxygen atoms in total. The summed E-state index contributed by atoms with van der Waals surface area (Å²) in [5, 5.41) is 9.38. The van der Waals surface area contributed by atoms with Crippen LogP contribution in [0.3, 0.4) is 0 Å². The third-order valence-electron chi connectivity index (χ3n) is 5.21. The number of hydrogen-bond acceptors (Lipinski definition) is 3. The molecule has 1 N–H and O–H groups in total. The molecule has 4 rings (SSSR count). The molecule has 25 heavy (non-hydrogen) atoms. The van der Waals surface area contributed by atoms with E-state index < -0.39 is 0 Å². The Labute approximate surface area is 146 Å². The molecule has 1 aliphatic carbocycles. The molecule has 130 valence electrons. The zero-order valence-corrected chi connectivity index (χ0v) is 13.9.